The summed E-state index contributed by atoms with van der Waals surface area (Å²) in [7, 11) is 1.59. The van der Waals surface area contributed by atoms with E-state index in [9.17, 15) is 4.79 Å². The first-order valence-corrected chi connectivity index (χ1v) is 12.6. The van der Waals surface area contributed by atoms with Crippen LogP contribution in [0.2, 0.25) is 0 Å². The molecule has 0 radical (unpaired) electrons. The molecule has 1 aliphatic heterocycles. The monoisotopic (exact) mass is 511 g/mol. The van der Waals surface area contributed by atoms with Gasteiger partial charge in [0.1, 0.15) is 5.75 Å². The number of aromatic nitrogens is 2. The fourth-order valence-electron chi connectivity index (χ4n) is 4.87. The number of nitrogens with one attached hydrogen (secondary N) is 2. The van der Waals surface area contributed by atoms with Gasteiger partial charge in [-0.25, -0.2) is 0 Å². The van der Waals surface area contributed by atoms with Crippen molar-refractivity contribution in [2.75, 3.05) is 19.0 Å². The minimum Gasteiger partial charge on any atom is -0.495 e. The molecule has 7 nitrogen and oxygen atoms in total. The largest absolute Gasteiger partial charge is 0.495 e. The summed E-state index contributed by atoms with van der Waals surface area (Å²) in [5, 5.41) is 7.05. The number of pyridine rings is 1. The number of hydrogen-bond acceptors (Lipinski definition) is 4. The maximum absolute atomic E-state index is 13.0. The Hall–Kier alpha value is -4.17. The number of aryl methyl sites for hydroxylation is 1. The fraction of sp³-hybridized carbons (Fsp3) is 0.207. The summed E-state index contributed by atoms with van der Waals surface area (Å²) in [6.07, 6.45) is 2.05. The number of ether oxygens (including phenoxy) is 1. The lowest BCUT2D eigenvalue weighted by Crippen LogP contribution is -2.33. The van der Waals surface area contributed by atoms with Gasteiger partial charge in [-0.2, -0.15) is 0 Å². The first kappa shape index (κ1) is 24.5. The smallest absolute Gasteiger partial charge is 0.226 e. The molecule has 1 fully saturated rings. The second-order valence-electron chi connectivity index (χ2n) is 8.89. The van der Waals surface area contributed by atoms with Crippen molar-refractivity contribution in [1.29, 1.82) is 0 Å². The number of nitrogens with zero attached hydrogens (tertiary/aromatic N) is 3. The van der Waals surface area contributed by atoms with Gasteiger partial charge in [-0.1, -0.05) is 36.4 Å². The molecule has 0 bridgehead atoms. The normalized spacial score (nSPS) is 16.9. The highest BCUT2D eigenvalue weighted by molar-refractivity contribution is 7.80. The van der Waals surface area contributed by atoms with Gasteiger partial charge in [0.15, 0.2) is 5.11 Å². The first-order chi connectivity index (χ1) is 18.1. The van der Waals surface area contributed by atoms with Crippen LogP contribution in [-0.4, -0.2) is 39.1 Å². The number of para-hydroxylation sites is 3. The minimum atomic E-state index is -0.164. The third-order valence-corrected chi connectivity index (χ3v) is 6.93. The number of carbonyl (C=O) groups is 1. The van der Waals surface area contributed by atoms with E-state index in [1.54, 1.807) is 13.3 Å². The van der Waals surface area contributed by atoms with E-state index >= 15 is 0 Å². The van der Waals surface area contributed by atoms with Crippen molar-refractivity contribution in [3.63, 3.8) is 0 Å². The van der Waals surface area contributed by atoms with Crippen molar-refractivity contribution in [2.45, 2.75) is 25.4 Å². The van der Waals surface area contributed by atoms with Crippen molar-refractivity contribution in [3.05, 3.63) is 108 Å². The second kappa shape index (κ2) is 10.8. The molecule has 2 aromatic heterocycles. The van der Waals surface area contributed by atoms with E-state index in [2.05, 4.69) is 56.3 Å². The third kappa shape index (κ3) is 5.06. The Balaban J connectivity index is 1.46. The Morgan fingerprint density at radius 3 is 2.54 bits per heavy atom. The van der Waals surface area contributed by atoms with Gasteiger partial charge in [0.05, 0.1) is 30.6 Å². The van der Waals surface area contributed by atoms with E-state index in [1.165, 1.54) is 0 Å². The molecule has 188 valence electrons. The topological polar surface area (TPSA) is 71.4 Å². The number of anilines is 1. The summed E-state index contributed by atoms with van der Waals surface area (Å²) >= 11 is 5.81. The minimum absolute atomic E-state index is 0.109. The number of thiocarbonyl (C=S) groups is 1. The summed E-state index contributed by atoms with van der Waals surface area (Å²) < 4.78 is 7.62. The number of hydrogen-bond donors (Lipinski definition) is 2. The van der Waals surface area contributed by atoms with E-state index in [-0.39, 0.29) is 24.4 Å². The van der Waals surface area contributed by atoms with Crippen LogP contribution in [0.1, 0.15) is 35.6 Å². The predicted molar refractivity (Wildman–Crippen MR) is 149 cm³/mol. The lowest BCUT2D eigenvalue weighted by atomic mass is 10.0. The van der Waals surface area contributed by atoms with Crippen LogP contribution in [0.25, 0.3) is 5.69 Å². The van der Waals surface area contributed by atoms with Crippen molar-refractivity contribution in [3.8, 4) is 11.4 Å². The Labute approximate surface area is 222 Å². The molecular formula is C29H29N5O2S. The summed E-state index contributed by atoms with van der Waals surface area (Å²) in [5.74, 6) is 0.514. The predicted octanol–water partition coefficient (Wildman–Crippen LogP) is 5.19. The number of amides is 1. The molecule has 5 rings (SSSR count). The van der Waals surface area contributed by atoms with Crippen LogP contribution in [0.4, 0.5) is 5.69 Å². The van der Waals surface area contributed by atoms with Crippen LogP contribution >= 0.6 is 12.2 Å². The Bertz CT molecular complexity index is 1390. The van der Waals surface area contributed by atoms with Gasteiger partial charge in [-0.3, -0.25) is 9.78 Å². The van der Waals surface area contributed by atoms with Gasteiger partial charge in [-0.15, -0.1) is 0 Å². The number of rotatable bonds is 8. The molecule has 0 aliphatic carbocycles. The summed E-state index contributed by atoms with van der Waals surface area (Å²) in [6, 6.07) is 27.5. The Morgan fingerprint density at radius 1 is 1.03 bits per heavy atom. The highest BCUT2D eigenvalue weighted by atomic mass is 32.1. The van der Waals surface area contributed by atoms with Crippen molar-refractivity contribution >= 4 is 28.9 Å². The molecule has 4 aromatic rings. The molecule has 1 saturated heterocycles. The third-order valence-electron chi connectivity index (χ3n) is 6.58. The van der Waals surface area contributed by atoms with Crippen LogP contribution in [0.15, 0.2) is 91.1 Å². The van der Waals surface area contributed by atoms with Crippen LogP contribution in [0, 0.1) is 6.92 Å². The lowest BCUT2D eigenvalue weighted by Gasteiger charge is -2.29. The zero-order valence-corrected chi connectivity index (χ0v) is 21.6. The molecule has 0 saturated carbocycles. The molecule has 0 unspecified atom stereocenters. The molecule has 3 heterocycles. The molecule has 1 aliphatic rings. The second-order valence-corrected chi connectivity index (χ2v) is 9.28. The highest BCUT2D eigenvalue weighted by Gasteiger charge is 2.41. The average molecular weight is 512 g/mol. The molecular weight excluding hydrogens is 482 g/mol. The molecule has 1 amide bonds. The maximum Gasteiger partial charge on any atom is 0.226 e. The van der Waals surface area contributed by atoms with Gasteiger partial charge in [0, 0.05) is 36.2 Å². The zero-order chi connectivity index (χ0) is 25.8. The van der Waals surface area contributed by atoms with Gasteiger partial charge < -0.3 is 24.8 Å². The summed E-state index contributed by atoms with van der Waals surface area (Å²) in [5.41, 5.74) is 4.82. The van der Waals surface area contributed by atoms with E-state index in [0.717, 1.165) is 22.8 Å². The average Bonchev–Trinajstić information content (AvgIpc) is 3.47. The van der Waals surface area contributed by atoms with Crippen molar-refractivity contribution < 1.29 is 9.53 Å². The number of carbonyl (C=O) groups excluding carboxylic acids is 1. The lowest BCUT2D eigenvalue weighted by molar-refractivity contribution is -0.116. The van der Waals surface area contributed by atoms with Crippen LogP contribution in [0.3, 0.4) is 0 Å². The summed E-state index contributed by atoms with van der Waals surface area (Å²) in [6.45, 7) is 2.54. The maximum atomic E-state index is 13.0. The SMILES string of the molecule is COc1ccccc1NC(=O)CCN1C(=S)N[C@H](c2ccccn2)[C@@H]1c1ccc(C)n1-c1ccccc1. The van der Waals surface area contributed by atoms with E-state index in [0.29, 0.717) is 23.1 Å². The fourth-order valence-corrected chi connectivity index (χ4v) is 5.20. The van der Waals surface area contributed by atoms with E-state index in [1.807, 2.05) is 60.7 Å². The number of methoxy groups -OCH3 is 1. The van der Waals surface area contributed by atoms with Gasteiger partial charge >= 0.3 is 0 Å². The zero-order valence-electron chi connectivity index (χ0n) is 20.8. The molecule has 2 N–H and O–H groups in total. The first-order valence-electron chi connectivity index (χ1n) is 12.2. The van der Waals surface area contributed by atoms with Crippen LogP contribution in [0.5, 0.6) is 5.75 Å². The Morgan fingerprint density at radius 2 is 1.78 bits per heavy atom. The standard InChI is InChI=1S/C29H29N5O2S/c1-20-15-16-24(34(20)21-10-4-3-5-11-21)28-27(23-13-8-9-18-30-23)32-29(37)33(28)19-17-26(35)31-22-12-6-7-14-25(22)36-2/h3-16,18,27-28H,17,19H2,1-2H3,(H,31,35)(H,32,37)/t27-,28+/m1/s1. The highest BCUT2D eigenvalue weighted by Crippen LogP contribution is 2.40. The van der Waals surface area contributed by atoms with Gasteiger partial charge in [-0.05, 0) is 67.7 Å². The molecule has 0 spiro atoms. The molecule has 37 heavy (non-hydrogen) atoms. The molecule has 2 aromatic carbocycles. The quantitative estimate of drug-likeness (QED) is 0.317. The Kier molecular flexibility index (Phi) is 7.18. The molecule has 8 heteroatoms. The summed E-state index contributed by atoms with van der Waals surface area (Å²) in [4.78, 5) is 19.7. The van der Waals surface area contributed by atoms with Crippen LogP contribution in [-0.2, 0) is 4.79 Å². The molecule has 2 atom stereocenters. The van der Waals surface area contributed by atoms with Crippen molar-refractivity contribution in [1.82, 2.24) is 19.8 Å². The van der Waals surface area contributed by atoms with E-state index < -0.39 is 0 Å². The van der Waals surface area contributed by atoms with Crippen LogP contribution < -0.4 is 15.4 Å². The van der Waals surface area contributed by atoms with Gasteiger partial charge in [0.2, 0.25) is 5.91 Å². The number of benzene rings is 2. The van der Waals surface area contributed by atoms with Crippen molar-refractivity contribution in [2.24, 2.45) is 0 Å². The van der Waals surface area contributed by atoms with Gasteiger partial charge in [0.25, 0.3) is 0 Å². The van der Waals surface area contributed by atoms with E-state index in [4.69, 9.17) is 17.0 Å².